The van der Waals surface area contributed by atoms with E-state index in [1.807, 2.05) is 0 Å². The Morgan fingerprint density at radius 1 is 1.50 bits per heavy atom. The molecule has 2 nitrogen and oxygen atoms in total. The lowest BCUT2D eigenvalue weighted by Gasteiger charge is -2.36. The lowest BCUT2D eigenvalue weighted by molar-refractivity contribution is -0.140. The molecule has 3 aliphatic rings. The van der Waals surface area contributed by atoms with Crippen LogP contribution in [0.2, 0.25) is 0 Å². The van der Waals surface area contributed by atoms with Crippen molar-refractivity contribution in [1.82, 2.24) is 0 Å². The second kappa shape index (κ2) is 2.72. The number of esters is 1. The molecule has 2 bridgehead atoms. The molecule has 14 heavy (non-hydrogen) atoms. The van der Waals surface area contributed by atoms with Crippen LogP contribution in [-0.4, -0.2) is 12.6 Å². The third kappa shape index (κ3) is 0.999. The molecular formula is C12H14O2. The molecule has 0 amide bonds. The van der Waals surface area contributed by atoms with Crippen LogP contribution in [0.3, 0.4) is 0 Å². The number of carbonyl (C=O) groups is 1. The third-order valence-electron chi connectivity index (χ3n) is 3.80. The highest BCUT2D eigenvalue weighted by Crippen LogP contribution is 2.57. The molecule has 0 aliphatic heterocycles. The molecule has 0 radical (unpaired) electrons. The Labute approximate surface area is 83.6 Å². The number of carbonyl (C=O) groups excluding carboxylic acids is 1. The van der Waals surface area contributed by atoms with Gasteiger partial charge in [-0.05, 0) is 35.7 Å². The Morgan fingerprint density at radius 2 is 2.29 bits per heavy atom. The third-order valence-corrected chi connectivity index (χ3v) is 3.80. The summed E-state index contributed by atoms with van der Waals surface area (Å²) >= 11 is 0. The van der Waals surface area contributed by atoms with Gasteiger partial charge in [-0.3, -0.25) is 4.79 Å². The van der Waals surface area contributed by atoms with E-state index in [1.165, 1.54) is 18.9 Å². The van der Waals surface area contributed by atoms with Gasteiger partial charge >= 0.3 is 5.97 Å². The topological polar surface area (TPSA) is 26.3 Å². The van der Waals surface area contributed by atoms with Crippen LogP contribution in [0.5, 0.6) is 0 Å². The summed E-state index contributed by atoms with van der Waals surface area (Å²) in [5, 5.41) is 0. The van der Waals surface area contributed by atoms with Gasteiger partial charge < -0.3 is 4.74 Å². The average molecular weight is 190 g/mol. The number of allylic oxidation sites excluding steroid dienone is 3. The monoisotopic (exact) mass is 190 g/mol. The first kappa shape index (κ1) is 8.27. The number of hydrogen-bond donors (Lipinski definition) is 0. The van der Waals surface area contributed by atoms with Crippen molar-refractivity contribution in [3.8, 4) is 0 Å². The van der Waals surface area contributed by atoms with Gasteiger partial charge in [0.15, 0.2) is 0 Å². The maximum atomic E-state index is 10.7. The van der Waals surface area contributed by atoms with Crippen LogP contribution in [0, 0.1) is 23.7 Å². The maximum absolute atomic E-state index is 10.7. The molecule has 3 rings (SSSR count). The Balaban J connectivity index is 1.67. The molecule has 0 aromatic rings. The molecule has 0 heterocycles. The fourth-order valence-corrected chi connectivity index (χ4v) is 3.18. The fraction of sp³-hybridized carbons (Fsp3) is 0.583. The predicted molar refractivity (Wildman–Crippen MR) is 52.4 cm³/mol. The van der Waals surface area contributed by atoms with Gasteiger partial charge in [-0.2, -0.15) is 0 Å². The molecule has 0 saturated heterocycles. The quantitative estimate of drug-likeness (QED) is 0.491. The highest BCUT2D eigenvalue weighted by Gasteiger charge is 2.49. The Hall–Kier alpha value is -1.05. The van der Waals surface area contributed by atoms with Crippen LogP contribution >= 0.6 is 0 Å². The van der Waals surface area contributed by atoms with Gasteiger partial charge in [0.25, 0.3) is 0 Å². The van der Waals surface area contributed by atoms with Crippen LogP contribution in [0.25, 0.3) is 0 Å². The second-order valence-electron chi connectivity index (χ2n) is 4.57. The number of fused-ring (bicyclic) bond motifs is 5. The Morgan fingerprint density at radius 3 is 3.00 bits per heavy atom. The van der Waals surface area contributed by atoms with Crippen LogP contribution in [-0.2, 0) is 9.53 Å². The first-order valence-electron chi connectivity index (χ1n) is 5.28. The van der Waals surface area contributed by atoms with Crippen molar-refractivity contribution in [2.75, 3.05) is 6.61 Å². The predicted octanol–water partition coefficient (Wildman–Crippen LogP) is 1.93. The summed E-state index contributed by atoms with van der Waals surface area (Å²) in [6.07, 6.45) is 8.31. The van der Waals surface area contributed by atoms with Crippen molar-refractivity contribution < 1.29 is 9.53 Å². The normalized spacial score (nSPS) is 41.6. The van der Waals surface area contributed by atoms with E-state index in [0.29, 0.717) is 12.5 Å². The number of ether oxygens (including phenoxy) is 1. The lowest BCUT2D eigenvalue weighted by atomic mass is 9.69. The summed E-state index contributed by atoms with van der Waals surface area (Å²) in [6, 6.07) is 0. The molecule has 1 saturated carbocycles. The van der Waals surface area contributed by atoms with Gasteiger partial charge in [-0.15, -0.1) is 0 Å². The van der Waals surface area contributed by atoms with Gasteiger partial charge in [0.1, 0.15) is 6.61 Å². The smallest absolute Gasteiger partial charge is 0.302 e. The fourth-order valence-electron chi connectivity index (χ4n) is 3.18. The van der Waals surface area contributed by atoms with Gasteiger partial charge in [0.2, 0.25) is 0 Å². The van der Waals surface area contributed by atoms with Gasteiger partial charge in [-0.1, -0.05) is 18.2 Å². The van der Waals surface area contributed by atoms with Gasteiger partial charge in [0.05, 0.1) is 0 Å². The number of rotatable bonds is 2. The van der Waals surface area contributed by atoms with Crippen molar-refractivity contribution in [2.24, 2.45) is 23.7 Å². The van der Waals surface area contributed by atoms with E-state index in [0.717, 1.165) is 17.8 Å². The molecule has 1 fully saturated rings. The highest BCUT2D eigenvalue weighted by molar-refractivity contribution is 5.66. The average Bonchev–Trinajstić information content (AvgIpc) is 2.59. The lowest BCUT2D eigenvalue weighted by Crippen LogP contribution is -2.31. The van der Waals surface area contributed by atoms with Crippen molar-refractivity contribution in [1.29, 1.82) is 0 Å². The van der Waals surface area contributed by atoms with E-state index in [4.69, 9.17) is 4.74 Å². The summed E-state index contributed by atoms with van der Waals surface area (Å²) in [4.78, 5) is 10.7. The maximum Gasteiger partial charge on any atom is 0.302 e. The summed E-state index contributed by atoms with van der Waals surface area (Å²) in [5.41, 5.74) is 1.35. The minimum atomic E-state index is -0.173. The molecule has 4 atom stereocenters. The summed E-state index contributed by atoms with van der Waals surface area (Å²) in [6.45, 7) is 1.99. The van der Waals surface area contributed by atoms with Crippen molar-refractivity contribution in [3.05, 3.63) is 23.8 Å². The first-order chi connectivity index (χ1) is 6.75. The largest absolute Gasteiger partial charge is 0.461 e. The van der Waals surface area contributed by atoms with Crippen LogP contribution in [0.4, 0.5) is 0 Å². The van der Waals surface area contributed by atoms with E-state index in [2.05, 4.69) is 18.2 Å². The second-order valence-corrected chi connectivity index (χ2v) is 4.57. The molecule has 74 valence electrons. The van der Waals surface area contributed by atoms with Crippen LogP contribution < -0.4 is 0 Å². The Kier molecular flexibility index (Phi) is 1.61. The summed E-state index contributed by atoms with van der Waals surface area (Å²) in [7, 11) is 0. The van der Waals surface area contributed by atoms with E-state index in [9.17, 15) is 4.79 Å². The minimum Gasteiger partial charge on any atom is -0.461 e. The molecule has 0 aromatic heterocycles. The zero-order valence-corrected chi connectivity index (χ0v) is 8.27. The van der Waals surface area contributed by atoms with E-state index < -0.39 is 0 Å². The van der Waals surface area contributed by atoms with E-state index >= 15 is 0 Å². The molecule has 0 aromatic carbocycles. The van der Waals surface area contributed by atoms with Crippen LogP contribution in [0.1, 0.15) is 13.3 Å². The van der Waals surface area contributed by atoms with Gasteiger partial charge in [0, 0.05) is 6.92 Å². The van der Waals surface area contributed by atoms with Gasteiger partial charge in [-0.25, -0.2) is 0 Å². The Bertz CT molecular complexity index is 340. The SMILES string of the molecule is CC(=O)OCC1=C[C@@H]2[C@H]1[C@H]1C=C[C@H]2C1. The highest BCUT2D eigenvalue weighted by atomic mass is 16.5. The molecule has 2 heteroatoms. The van der Waals surface area contributed by atoms with E-state index in [-0.39, 0.29) is 5.97 Å². The number of hydrogen-bond acceptors (Lipinski definition) is 2. The molecule has 3 aliphatic carbocycles. The van der Waals surface area contributed by atoms with Crippen molar-refractivity contribution in [3.63, 3.8) is 0 Å². The van der Waals surface area contributed by atoms with E-state index in [1.54, 1.807) is 0 Å². The zero-order chi connectivity index (χ0) is 9.71. The molecule has 0 spiro atoms. The summed E-state index contributed by atoms with van der Waals surface area (Å²) < 4.78 is 5.03. The molecular weight excluding hydrogens is 176 g/mol. The summed E-state index contributed by atoms with van der Waals surface area (Å²) in [5.74, 6) is 2.81. The van der Waals surface area contributed by atoms with Crippen LogP contribution in [0.15, 0.2) is 23.8 Å². The van der Waals surface area contributed by atoms with Crippen molar-refractivity contribution in [2.45, 2.75) is 13.3 Å². The first-order valence-corrected chi connectivity index (χ1v) is 5.28. The molecule has 0 unspecified atom stereocenters. The minimum absolute atomic E-state index is 0.173. The molecule has 0 N–H and O–H groups in total. The van der Waals surface area contributed by atoms with Crippen molar-refractivity contribution >= 4 is 5.97 Å². The zero-order valence-electron chi connectivity index (χ0n) is 8.27. The standard InChI is InChI=1S/C12H14O2/c1-7(13)14-6-10-5-11-8-2-3-9(4-8)12(10)11/h2-3,5,8-9,11-12H,4,6H2,1H3/t8-,9-,11-,12-/m0/s1.